The molecular formula is C33H50ClN5O2. The first kappa shape index (κ1) is 30.4. The molecule has 3 N–H and O–H groups in total. The molecule has 3 fully saturated rings. The molecule has 0 bridgehead atoms. The van der Waals surface area contributed by atoms with Crippen molar-refractivity contribution in [1.29, 1.82) is 0 Å². The SMILES string of the molecule is CC1C=CC(C)N1C(=O)N(C1CCCCC1)C1CCN(C(=O)[C@@H](Cc2ccc(Cl)cc2)N[C@H]2CC[C@@H](N)CC2)CC1. The van der Waals surface area contributed by atoms with Gasteiger partial charge in [-0.1, -0.05) is 55.1 Å². The van der Waals surface area contributed by atoms with E-state index in [1.165, 1.54) is 19.3 Å². The Balaban J connectivity index is 1.26. The van der Waals surface area contributed by atoms with Crippen molar-refractivity contribution in [3.05, 3.63) is 47.0 Å². The lowest BCUT2D eigenvalue weighted by Crippen LogP contribution is -2.59. The van der Waals surface area contributed by atoms with Crippen LogP contribution in [0.4, 0.5) is 4.79 Å². The van der Waals surface area contributed by atoms with E-state index in [1.807, 2.05) is 34.1 Å². The van der Waals surface area contributed by atoms with Gasteiger partial charge in [-0.05, 0) is 89.3 Å². The maximum absolute atomic E-state index is 14.1. The van der Waals surface area contributed by atoms with Crippen LogP contribution >= 0.6 is 11.6 Å². The van der Waals surface area contributed by atoms with Gasteiger partial charge in [-0.2, -0.15) is 0 Å². The molecule has 226 valence electrons. The van der Waals surface area contributed by atoms with E-state index in [-0.39, 0.29) is 42.1 Å². The van der Waals surface area contributed by atoms with Crippen LogP contribution in [-0.2, 0) is 11.2 Å². The molecule has 2 saturated carbocycles. The Labute approximate surface area is 251 Å². The summed E-state index contributed by atoms with van der Waals surface area (Å²) in [6.45, 7) is 5.62. The lowest BCUT2D eigenvalue weighted by atomic mass is 9.90. The molecule has 0 radical (unpaired) electrons. The van der Waals surface area contributed by atoms with Gasteiger partial charge in [-0.3, -0.25) is 4.79 Å². The Hall–Kier alpha value is -2.09. The Morgan fingerprint density at radius 1 is 0.902 bits per heavy atom. The first-order chi connectivity index (χ1) is 19.8. The Morgan fingerprint density at radius 2 is 1.49 bits per heavy atom. The van der Waals surface area contributed by atoms with Crippen LogP contribution in [0, 0.1) is 0 Å². The van der Waals surface area contributed by atoms with Crippen LogP contribution in [0.1, 0.15) is 90.0 Å². The topological polar surface area (TPSA) is 81.9 Å². The Kier molecular flexibility index (Phi) is 10.3. The van der Waals surface area contributed by atoms with Gasteiger partial charge in [0.05, 0.1) is 6.04 Å². The summed E-state index contributed by atoms with van der Waals surface area (Å²) in [7, 11) is 0. The molecule has 2 aliphatic heterocycles. The standard InChI is InChI=1S/C33H50ClN5O2/c1-23-8-9-24(2)38(23)33(41)39(29-6-4-3-5-7-29)30-18-20-37(21-19-30)32(40)31(22-25-10-12-26(34)13-11-25)36-28-16-14-27(35)15-17-28/h8-13,23-24,27-31,36H,3-7,14-22,35H2,1-2H3/t23?,24?,27-,28+,31-/m1/s1. The Morgan fingerprint density at radius 3 is 2.10 bits per heavy atom. The number of rotatable bonds is 7. The number of carbonyl (C=O) groups excluding carboxylic acids is 2. The average molecular weight is 584 g/mol. The summed E-state index contributed by atoms with van der Waals surface area (Å²) in [6, 6.07) is 9.07. The van der Waals surface area contributed by atoms with E-state index in [0.717, 1.165) is 56.9 Å². The van der Waals surface area contributed by atoms with Gasteiger partial charge in [0, 0.05) is 54.4 Å². The summed E-state index contributed by atoms with van der Waals surface area (Å²) >= 11 is 6.14. The van der Waals surface area contributed by atoms with Gasteiger partial charge in [-0.15, -0.1) is 0 Å². The van der Waals surface area contributed by atoms with Crippen LogP contribution in [0.5, 0.6) is 0 Å². The minimum absolute atomic E-state index is 0.124. The number of urea groups is 1. The average Bonchev–Trinajstić information content (AvgIpc) is 3.33. The van der Waals surface area contributed by atoms with E-state index in [9.17, 15) is 9.59 Å². The predicted octanol–water partition coefficient (Wildman–Crippen LogP) is 5.51. The number of benzene rings is 1. The molecule has 2 unspecified atom stereocenters. The molecule has 4 aliphatic rings. The van der Waals surface area contributed by atoms with Crippen molar-refractivity contribution in [2.45, 2.75) is 133 Å². The number of halogens is 1. The van der Waals surface area contributed by atoms with Crippen LogP contribution in [0.3, 0.4) is 0 Å². The van der Waals surface area contributed by atoms with Gasteiger partial charge in [0.1, 0.15) is 0 Å². The predicted molar refractivity (Wildman–Crippen MR) is 166 cm³/mol. The van der Waals surface area contributed by atoms with Crippen molar-refractivity contribution in [3.63, 3.8) is 0 Å². The third-order valence-electron chi connectivity index (χ3n) is 9.98. The van der Waals surface area contributed by atoms with Gasteiger partial charge in [0.25, 0.3) is 0 Å². The van der Waals surface area contributed by atoms with Crippen LogP contribution < -0.4 is 11.1 Å². The highest BCUT2D eigenvalue weighted by Crippen LogP contribution is 2.31. The molecule has 2 heterocycles. The number of amides is 3. The first-order valence-electron chi connectivity index (χ1n) is 16.1. The highest BCUT2D eigenvalue weighted by Gasteiger charge is 2.40. The fourth-order valence-electron chi connectivity index (χ4n) is 7.56. The van der Waals surface area contributed by atoms with Crippen molar-refractivity contribution >= 4 is 23.5 Å². The van der Waals surface area contributed by atoms with Crippen molar-refractivity contribution < 1.29 is 9.59 Å². The quantitative estimate of drug-likeness (QED) is 0.415. The highest BCUT2D eigenvalue weighted by atomic mass is 35.5. The second kappa shape index (κ2) is 13.9. The molecule has 1 aromatic carbocycles. The smallest absolute Gasteiger partial charge is 0.321 e. The van der Waals surface area contributed by atoms with E-state index >= 15 is 0 Å². The molecule has 0 spiro atoms. The molecule has 1 saturated heterocycles. The lowest BCUT2D eigenvalue weighted by molar-refractivity contribution is -0.135. The van der Waals surface area contributed by atoms with Crippen molar-refractivity contribution in [3.8, 4) is 0 Å². The fraction of sp³-hybridized carbons (Fsp3) is 0.697. The fourth-order valence-corrected chi connectivity index (χ4v) is 7.68. The number of carbonyl (C=O) groups is 2. The maximum atomic E-state index is 14.1. The van der Waals surface area contributed by atoms with E-state index in [0.29, 0.717) is 36.6 Å². The molecular weight excluding hydrogens is 534 g/mol. The maximum Gasteiger partial charge on any atom is 0.321 e. The van der Waals surface area contributed by atoms with E-state index in [2.05, 4.69) is 36.2 Å². The minimum Gasteiger partial charge on any atom is -0.341 e. The van der Waals surface area contributed by atoms with E-state index in [1.54, 1.807) is 0 Å². The molecule has 3 amide bonds. The number of nitrogens with two attached hydrogens (primary N) is 1. The van der Waals surface area contributed by atoms with Gasteiger partial charge >= 0.3 is 6.03 Å². The molecule has 2 aliphatic carbocycles. The number of hydrogen-bond acceptors (Lipinski definition) is 4. The van der Waals surface area contributed by atoms with Crippen molar-refractivity contribution in [1.82, 2.24) is 20.0 Å². The summed E-state index contributed by atoms with van der Waals surface area (Å²) in [5.74, 6) is 0.176. The van der Waals surface area contributed by atoms with Crippen molar-refractivity contribution in [2.75, 3.05) is 13.1 Å². The third kappa shape index (κ3) is 7.47. The third-order valence-corrected chi connectivity index (χ3v) is 10.2. The largest absolute Gasteiger partial charge is 0.341 e. The Bertz CT molecular complexity index is 1030. The molecule has 5 rings (SSSR count). The highest BCUT2D eigenvalue weighted by molar-refractivity contribution is 6.30. The van der Waals surface area contributed by atoms with E-state index < -0.39 is 0 Å². The number of likely N-dealkylation sites (tertiary alicyclic amines) is 1. The molecule has 0 aromatic heterocycles. The van der Waals surface area contributed by atoms with Crippen LogP contribution in [0.25, 0.3) is 0 Å². The zero-order valence-electron chi connectivity index (χ0n) is 25.0. The number of nitrogens with zero attached hydrogens (tertiary/aromatic N) is 3. The van der Waals surface area contributed by atoms with Crippen LogP contribution in [0.15, 0.2) is 36.4 Å². The number of piperidine rings is 1. The minimum atomic E-state index is -0.277. The summed E-state index contributed by atoms with van der Waals surface area (Å²) in [4.78, 5) is 34.4. The monoisotopic (exact) mass is 583 g/mol. The van der Waals surface area contributed by atoms with Gasteiger partial charge in [0.2, 0.25) is 5.91 Å². The summed E-state index contributed by atoms with van der Waals surface area (Å²) in [5, 5.41) is 4.44. The number of nitrogens with one attached hydrogen (secondary N) is 1. The summed E-state index contributed by atoms with van der Waals surface area (Å²) < 4.78 is 0. The van der Waals surface area contributed by atoms with Crippen LogP contribution in [-0.4, -0.2) is 82.0 Å². The zero-order valence-corrected chi connectivity index (χ0v) is 25.8. The summed E-state index contributed by atoms with van der Waals surface area (Å²) in [6.07, 6.45) is 16.5. The van der Waals surface area contributed by atoms with Crippen LogP contribution in [0.2, 0.25) is 5.02 Å². The molecule has 3 atom stereocenters. The van der Waals surface area contributed by atoms with E-state index in [4.69, 9.17) is 17.3 Å². The summed E-state index contributed by atoms with van der Waals surface area (Å²) in [5.41, 5.74) is 7.27. The van der Waals surface area contributed by atoms with Gasteiger partial charge < -0.3 is 25.8 Å². The lowest BCUT2D eigenvalue weighted by Gasteiger charge is -2.46. The van der Waals surface area contributed by atoms with Gasteiger partial charge in [0.15, 0.2) is 0 Å². The second-order valence-corrected chi connectivity index (χ2v) is 13.4. The molecule has 1 aromatic rings. The number of hydrogen-bond donors (Lipinski definition) is 2. The zero-order chi connectivity index (χ0) is 28.9. The molecule has 7 nitrogen and oxygen atoms in total. The van der Waals surface area contributed by atoms with Crippen molar-refractivity contribution in [2.24, 2.45) is 5.73 Å². The van der Waals surface area contributed by atoms with Gasteiger partial charge in [-0.25, -0.2) is 4.79 Å². The normalized spacial score (nSPS) is 28.6. The second-order valence-electron chi connectivity index (χ2n) is 13.0. The molecule has 41 heavy (non-hydrogen) atoms. The first-order valence-corrected chi connectivity index (χ1v) is 16.5. The molecule has 8 heteroatoms.